The highest BCUT2D eigenvalue weighted by molar-refractivity contribution is 5.74. The van der Waals surface area contributed by atoms with Crippen molar-refractivity contribution < 1.29 is 0 Å². The maximum Gasteiger partial charge on any atom is 0.0958 e. The van der Waals surface area contributed by atoms with Gasteiger partial charge in [0.1, 0.15) is 0 Å². The first-order chi connectivity index (χ1) is 10.3. The summed E-state index contributed by atoms with van der Waals surface area (Å²) < 4.78 is 2.27. The Morgan fingerprint density at radius 3 is 2.05 bits per heavy atom. The second-order valence-electron chi connectivity index (χ2n) is 5.24. The third kappa shape index (κ3) is 7.89. The van der Waals surface area contributed by atoms with E-state index in [-0.39, 0.29) is 0 Å². The lowest BCUT2D eigenvalue weighted by Crippen LogP contribution is -1.96. The van der Waals surface area contributed by atoms with E-state index >= 15 is 0 Å². The van der Waals surface area contributed by atoms with E-state index in [9.17, 15) is 0 Å². The summed E-state index contributed by atoms with van der Waals surface area (Å²) in [5, 5.41) is 0. The van der Waals surface area contributed by atoms with Gasteiger partial charge in [0.25, 0.3) is 0 Å². The maximum absolute atomic E-state index is 4.36. The molecule has 1 aliphatic rings. The number of hydrogen-bond acceptors (Lipinski definition) is 1. The molecule has 0 spiro atoms. The molecular formula is C19H34N2. The summed E-state index contributed by atoms with van der Waals surface area (Å²) in [5.74, 6) is 0.914. The fourth-order valence-electron chi connectivity index (χ4n) is 1.73. The van der Waals surface area contributed by atoms with E-state index in [4.69, 9.17) is 0 Å². The van der Waals surface area contributed by atoms with Crippen LogP contribution in [0.5, 0.6) is 0 Å². The molecule has 1 aliphatic carbocycles. The van der Waals surface area contributed by atoms with Crippen LogP contribution in [0.3, 0.4) is 0 Å². The summed E-state index contributed by atoms with van der Waals surface area (Å²) in [5.41, 5.74) is 2.39. The molecule has 0 bridgehead atoms. The number of benzene rings is 1. The van der Waals surface area contributed by atoms with Crippen LogP contribution in [-0.4, -0.2) is 9.55 Å². The minimum absolute atomic E-state index is 0.914. The molecule has 120 valence electrons. The molecule has 2 nitrogen and oxygen atoms in total. The molecule has 0 amide bonds. The molecule has 0 saturated heterocycles. The Kier molecular flexibility index (Phi) is 11.7. The minimum Gasteiger partial charge on any atom is -0.330 e. The lowest BCUT2D eigenvalue weighted by Gasteiger charge is -2.00. The third-order valence-electron chi connectivity index (χ3n) is 2.68. The molecule has 0 N–H and O–H groups in total. The average molecular weight is 290 g/mol. The van der Waals surface area contributed by atoms with Crippen molar-refractivity contribution in [1.29, 1.82) is 0 Å². The molecule has 2 aromatic rings. The van der Waals surface area contributed by atoms with Crippen LogP contribution in [0.1, 0.15) is 67.2 Å². The lowest BCUT2D eigenvalue weighted by atomic mass is 10.3. The van der Waals surface area contributed by atoms with Gasteiger partial charge in [-0.15, -0.1) is 0 Å². The summed E-state index contributed by atoms with van der Waals surface area (Å²) in [6.45, 7) is 13.7. The van der Waals surface area contributed by atoms with Crippen molar-refractivity contribution in [2.24, 2.45) is 5.92 Å². The Morgan fingerprint density at radius 1 is 1.00 bits per heavy atom. The zero-order valence-electron chi connectivity index (χ0n) is 14.9. The van der Waals surface area contributed by atoms with Crippen molar-refractivity contribution in [2.75, 3.05) is 0 Å². The van der Waals surface area contributed by atoms with Crippen molar-refractivity contribution in [2.45, 2.75) is 73.8 Å². The van der Waals surface area contributed by atoms with Gasteiger partial charge in [0.15, 0.2) is 0 Å². The van der Waals surface area contributed by atoms with Crippen LogP contribution in [0.2, 0.25) is 0 Å². The van der Waals surface area contributed by atoms with Crippen molar-refractivity contribution in [3.8, 4) is 0 Å². The Morgan fingerprint density at radius 2 is 1.52 bits per heavy atom. The molecule has 1 aromatic carbocycles. The van der Waals surface area contributed by atoms with Gasteiger partial charge < -0.3 is 4.57 Å². The summed E-state index contributed by atoms with van der Waals surface area (Å²) in [6, 6.07) is 8.33. The largest absolute Gasteiger partial charge is 0.330 e. The van der Waals surface area contributed by atoms with Crippen LogP contribution in [0.15, 0.2) is 30.6 Å². The SMILES string of the molecule is CC.CCC.CCC.c1ccc2c(c1)ncn2CC1CC1. The van der Waals surface area contributed by atoms with Gasteiger partial charge in [-0.3, -0.25) is 0 Å². The highest BCUT2D eigenvalue weighted by Gasteiger charge is 2.22. The fraction of sp³-hybridized carbons (Fsp3) is 0.632. The summed E-state index contributed by atoms with van der Waals surface area (Å²) in [6.07, 6.45) is 7.25. The van der Waals surface area contributed by atoms with Gasteiger partial charge in [-0.05, 0) is 30.9 Å². The lowest BCUT2D eigenvalue weighted by molar-refractivity contribution is 0.642. The van der Waals surface area contributed by atoms with Gasteiger partial charge in [0, 0.05) is 6.54 Å². The third-order valence-corrected chi connectivity index (χ3v) is 2.68. The number of rotatable bonds is 2. The van der Waals surface area contributed by atoms with Gasteiger partial charge in [-0.1, -0.05) is 66.5 Å². The van der Waals surface area contributed by atoms with E-state index in [0.29, 0.717) is 0 Å². The predicted octanol–water partition coefficient (Wildman–Crippen LogP) is 6.31. The van der Waals surface area contributed by atoms with E-state index in [1.54, 1.807) is 0 Å². The number of hydrogen-bond donors (Lipinski definition) is 0. The second kappa shape index (κ2) is 12.4. The normalized spacial score (nSPS) is 12.3. The van der Waals surface area contributed by atoms with Crippen molar-refractivity contribution in [3.63, 3.8) is 0 Å². The topological polar surface area (TPSA) is 17.8 Å². The molecular weight excluding hydrogens is 256 g/mol. The molecule has 3 rings (SSSR count). The van der Waals surface area contributed by atoms with Crippen molar-refractivity contribution in [3.05, 3.63) is 30.6 Å². The smallest absolute Gasteiger partial charge is 0.0958 e. The maximum atomic E-state index is 4.36. The van der Waals surface area contributed by atoms with Gasteiger partial charge in [-0.25, -0.2) is 4.98 Å². The van der Waals surface area contributed by atoms with Crippen LogP contribution < -0.4 is 0 Å². The molecule has 2 heteroatoms. The van der Waals surface area contributed by atoms with Gasteiger partial charge in [0.05, 0.1) is 17.4 Å². The molecule has 1 fully saturated rings. The molecule has 0 unspecified atom stereocenters. The number of nitrogens with zero attached hydrogens (tertiary/aromatic N) is 2. The molecule has 1 aromatic heterocycles. The highest BCUT2D eigenvalue weighted by Crippen LogP contribution is 2.31. The molecule has 1 heterocycles. The van der Waals surface area contributed by atoms with E-state index < -0.39 is 0 Å². The standard InChI is InChI=1S/C11H12N2.2C3H8.C2H6/c1-2-4-11-10(3-1)12-8-13(11)7-9-5-6-9;2*1-3-2;1-2/h1-4,8-9H,5-7H2;2*3H2,1-2H3;1-2H3. The Hall–Kier alpha value is -1.31. The molecule has 0 aliphatic heterocycles. The van der Waals surface area contributed by atoms with E-state index in [1.165, 1.54) is 31.2 Å². The molecule has 0 atom stereocenters. The number of fused-ring (bicyclic) bond motifs is 1. The van der Waals surface area contributed by atoms with Crippen LogP contribution in [0.4, 0.5) is 0 Å². The fourth-order valence-corrected chi connectivity index (χ4v) is 1.73. The van der Waals surface area contributed by atoms with Crippen LogP contribution >= 0.6 is 0 Å². The average Bonchev–Trinajstić information content (AvgIpc) is 3.23. The first-order valence-electron chi connectivity index (χ1n) is 8.66. The van der Waals surface area contributed by atoms with Gasteiger partial charge in [0.2, 0.25) is 0 Å². The van der Waals surface area contributed by atoms with Crippen LogP contribution in [0.25, 0.3) is 11.0 Å². The Balaban J connectivity index is 0.000000430. The number of aromatic nitrogens is 2. The highest BCUT2D eigenvalue weighted by atomic mass is 15.0. The summed E-state index contributed by atoms with van der Waals surface area (Å²) >= 11 is 0. The first kappa shape index (κ1) is 19.7. The number of para-hydroxylation sites is 2. The molecule has 21 heavy (non-hydrogen) atoms. The quantitative estimate of drug-likeness (QED) is 0.634. The van der Waals surface area contributed by atoms with Crippen LogP contribution in [0, 0.1) is 5.92 Å². The van der Waals surface area contributed by atoms with Crippen LogP contribution in [-0.2, 0) is 6.54 Å². The summed E-state index contributed by atoms with van der Waals surface area (Å²) in [7, 11) is 0. The van der Waals surface area contributed by atoms with E-state index in [1.807, 2.05) is 26.2 Å². The predicted molar refractivity (Wildman–Crippen MR) is 95.7 cm³/mol. The second-order valence-corrected chi connectivity index (χ2v) is 5.24. The molecule has 0 radical (unpaired) electrons. The van der Waals surface area contributed by atoms with Crippen molar-refractivity contribution in [1.82, 2.24) is 9.55 Å². The van der Waals surface area contributed by atoms with Crippen molar-refractivity contribution >= 4 is 11.0 Å². The number of imidazole rings is 1. The van der Waals surface area contributed by atoms with Gasteiger partial charge >= 0.3 is 0 Å². The van der Waals surface area contributed by atoms with Gasteiger partial charge in [-0.2, -0.15) is 0 Å². The minimum atomic E-state index is 0.914. The Labute approximate surface area is 131 Å². The summed E-state index contributed by atoms with van der Waals surface area (Å²) in [4.78, 5) is 4.36. The first-order valence-corrected chi connectivity index (χ1v) is 8.66. The zero-order valence-corrected chi connectivity index (χ0v) is 14.9. The monoisotopic (exact) mass is 290 g/mol. The Bertz CT molecular complexity index is 453. The van der Waals surface area contributed by atoms with E-state index in [0.717, 1.165) is 18.0 Å². The molecule has 1 saturated carbocycles. The zero-order chi connectivity index (χ0) is 16.1. The van der Waals surface area contributed by atoms with E-state index in [2.05, 4.69) is 55.4 Å².